The number of carbonyl (C=O) groups is 1. The van der Waals surface area contributed by atoms with Crippen LogP contribution in [0.25, 0.3) is 10.8 Å². The molecule has 0 unspecified atom stereocenters. The summed E-state index contributed by atoms with van der Waals surface area (Å²) in [6.07, 6.45) is 3.73. The lowest BCUT2D eigenvalue weighted by Crippen LogP contribution is -2.07. The van der Waals surface area contributed by atoms with Crippen molar-refractivity contribution in [1.82, 2.24) is 0 Å². The van der Waals surface area contributed by atoms with Gasteiger partial charge in [0.15, 0.2) is 0 Å². The summed E-state index contributed by atoms with van der Waals surface area (Å²) in [5.41, 5.74) is 0.981. The highest BCUT2D eigenvalue weighted by atomic mass is 16.5. The van der Waals surface area contributed by atoms with Gasteiger partial charge < -0.3 is 9.47 Å². The van der Waals surface area contributed by atoms with Crippen molar-refractivity contribution in [1.29, 1.82) is 0 Å². The van der Waals surface area contributed by atoms with E-state index in [2.05, 4.69) is 6.92 Å². The first-order valence-electron chi connectivity index (χ1n) is 8.04. The number of ether oxygens (including phenoxy) is 2. The molecule has 2 aromatic carbocycles. The molecule has 0 fully saturated rings. The first-order valence-corrected chi connectivity index (χ1v) is 8.04. The van der Waals surface area contributed by atoms with Crippen LogP contribution in [-0.4, -0.2) is 19.2 Å². The molecule has 0 saturated heterocycles. The van der Waals surface area contributed by atoms with E-state index in [-0.39, 0.29) is 5.97 Å². The average molecular weight is 300 g/mol. The molecule has 0 N–H and O–H groups in total. The molecule has 2 rings (SSSR count). The first kappa shape index (κ1) is 16.3. The largest absolute Gasteiger partial charge is 0.494 e. The number of carbonyl (C=O) groups excluding carboxylic acids is 1. The van der Waals surface area contributed by atoms with Crippen molar-refractivity contribution in [3.8, 4) is 5.75 Å². The molecule has 0 atom stereocenters. The van der Waals surface area contributed by atoms with Gasteiger partial charge in [-0.15, -0.1) is 0 Å². The van der Waals surface area contributed by atoms with Gasteiger partial charge in [0.25, 0.3) is 0 Å². The Morgan fingerprint density at radius 3 is 2.73 bits per heavy atom. The van der Waals surface area contributed by atoms with Crippen LogP contribution in [0.15, 0.2) is 36.4 Å². The van der Waals surface area contributed by atoms with Crippen molar-refractivity contribution in [2.75, 3.05) is 13.2 Å². The maximum absolute atomic E-state index is 11.7. The number of fused-ring (bicyclic) bond motifs is 1. The molecule has 0 saturated carbocycles. The lowest BCUT2D eigenvalue weighted by Gasteiger charge is -2.10. The van der Waals surface area contributed by atoms with E-state index in [1.165, 1.54) is 12.8 Å². The Kier molecular flexibility index (Phi) is 6.26. The van der Waals surface area contributed by atoms with Crippen LogP contribution in [0.1, 0.15) is 38.7 Å². The van der Waals surface area contributed by atoms with Crippen molar-refractivity contribution in [3.05, 3.63) is 42.0 Å². The Morgan fingerprint density at radius 2 is 1.95 bits per heavy atom. The number of rotatable bonds is 8. The molecule has 0 heterocycles. The second-order valence-corrected chi connectivity index (χ2v) is 5.34. The van der Waals surface area contributed by atoms with Gasteiger partial charge in [0, 0.05) is 0 Å². The minimum atomic E-state index is -0.190. The smallest absolute Gasteiger partial charge is 0.310 e. The van der Waals surface area contributed by atoms with Gasteiger partial charge in [0.1, 0.15) is 5.75 Å². The Morgan fingerprint density at radius 1 is 1.09 bits per heavy atom. The van der Waals surface area contributed by atoms with Gasteiger partial charge in [0.05, 0.1) is 19.6 Å². The van der Waals surface area contributed by atoms with E-state index < -0.39 is 0 Å². The van der Waals surface area contributed by atoms with Crippen LogP contribution in [0.3, 0.4) is 0 Å². The molecule has 118 valence electrons. The monoisotopic (exact) mass is 300 g/mol. The van der Waals surface area contributed by atoms with Crippen molar-refractivity contribution in [2.24, 2.45) is 0 Å². The lowest BCUT2D eigenvalue weighted by molar-refractivity contribution is -0.142. The molecule has 0 amide bonds. The molecule has 0 aliphatic heterocycles. The van der Waals surface area contributed by atoms with E-state index in [0.717, 1.165) is 35.1 Å². The standard InChI is InChI=1S/C19H24O3/c1-3-5-6-12-22-17-11-10-15-8-7-9-16(18(15)14-17)13-19(20)21-4-2/h7-11,14H,3-6,12-13H2,1-2H3. The summed E-state index contributed by atoms with van der Waals surface area (Å²) < 4.78 is 10.9. The maximum Gasteiger partial charge on any atom is 0.310 e. The number of esters is 1. The molecule has 3 nitrogen and oxygen atoms in total. The zero-order chi connectivity index (χ0) is 15.8. The van der Waals surface area contributed by atoms with Crippen LogP contribution >= 0.6 is 0 Å². The zero-order valence-electron chi connectivity index (χ0n) is 13.4. The molecule has 0 bridgehead atoms. The topological polar surface area (TPSA) is 35.5 Å². The van der Waals surface area contributed by atoms with Gasteiger partial charge in [0.2, 0.25) is 0 Å². The zero-order valence-corrected chi connectivity index (χ0v) is 13.4. The molecule has 2 aromatic rings. The van der Waals surface area contributed by atoms with Gasteiger partial charge in [-0.2, -0.15) is 0 Å². The lowest BCUT2D eigenvalue weighted by atomic mass is 10.0. The molecule has 3 heteroatoms. The summed E-state index contributed by atoms with van der Waals surface area (Å²) in [4.78, 5) is 11.7. The number of benzene rings is 2. The van der Waals surface area contributed by atoms with E-state index in [1.54, 1.807) is 0 Å². The molecule has 0 aliphatic carbocycles. The predicted molar refractivity (Wildman–Crippen MR) is 89.3 cm³/mol. The number of hydrogen-bond donors (Lipinski definition) is 0. The molecule has 0 spiro atoms. The van der Waals surface area contributed by atoms with Crippen LogP contribution in [0.5, 0.6) is 5.75 Å². The van der Waals surface area contributed by atoms with Gasteiger partial charge in [-0.25, -0.2) is 0 Å². The third kappa shape index (κ3) is 4.48. The summed E-state index contributed by atoms with van der Waals surface area (Å²) in [6, 6.07) is 12.0. The molecule has 22 heavy (non-hydrogen) atoms. The normalized spacial score (nSPS) is 10.6. The Balaban J connectivity index is 2.16. The third-order valence-corrected chi connectivity index (χ3v) is 3.60. The van der Waals surface area contributed by atoms with Crippen molar-refractivity contribution in [3.63, 3.8) is 0 Å². The quantitative estimate of drug-likeness (QED) is 0.531. The highest BCUT2D eigenvalue weighted by Gasteiger charge is 2.08. The van der Waals surface area contributed by atoms with Gasteiger partial charge in [-0.1, -0.05) is 44.0 Å². The SMILES string of the molecule is CCCCCOc1ccc2cccc(CC(=O)OCC)c2c1. The molecular formula is C19H24O3. The summed E-state index contributed by atoms with van der Waals surface area (Å²) in [5, 5.41) is 2.17. The molecular weight excluding hydrogens is 276 g/mol. The fourth-order valence-corrected chi connectivity index (χ4v) is 2.47. The predicted octanol–water partition coefficient (Wildman–Crippen LogP) is 4.51. The summed E-state index contributed by atoms with van der Waals surface area (Å²) in [5.74, 6) is 0.671. The highest BCUT2D eigenvalue weighted by molar-refractivity contribution is 5.90. The highest BCUT2D eigenvalue weighted by Crippen LogP contribution is 2.25. The Bertz CT molecular complexity index is 619. The van der Waals surface area contributed by atoms with Gasteiger partial charge in [-0.3, -0.25) is 4.79 Å². The van der Waals surface area contributed by atoms with Crippen LogP contribution in [0, 0.1) is 0 Å². The molecule has 0 radical (unpaired) electrons. The minimum Gasteiger partial charge on any atom is -0.494 e. The third-order valence-electron chi connectivity index (χ3n) is 3.60. The van der Waals surface area contributed by atoms with E-state index >= 15 is 0 Å². The second-order valence-electron chi connectivity index (χ2n) is 5.34. The fourth-order valence-electron chi connectivity index (χ4n) is 2.47. The Labute approximate surface area is 132 Å². The van der Waals surface area contributed by atoms with Crippen LogP contribution in [0.2, 0.25) is 0 Å². The van der Waals surface area contributed by atoms with Crippen LogP contribution < -0.4 is 4.74 Å². The van der Waals surface area contributed by atoms with E-state index in [9.17, 15) is 4.79 Å². The summed E-state index contributed by atoms with van der Waals surface area (Å²) in [7, 11) is 0. The van der Waals surface area contributed by atoms with Crippen molar-refractivity contribution < 1.29 is 14.3 Å². The summed E-state index contributed by atoms with van der Waals surface area (Å²) >= 11 is 0. The number of unbranched alkanes of at least 4 members (excludes halogenated alkanes) is 2. The van der Waals surface area contributed by atoms with E-state index in [4.69, 9.17) is 9.47 Å². The van der Waals surface area contributed by atoms with Crippen LogP contribution in [-0.2, 0) is 16.0 Å². The average Bonchev–Trinajstić information content (AvgIpc) is 2.52. The second kappa shape index (κ2) is 8.42. The minimum absolute atomic E-state index is 0.190. The summed E-state index contributed by atoms with van der Waals surface area (Å²) in [6.45, 7) is 5.15. The first-order chi connectivity index (χ1) is 10.7. The molecule has 0 aliphatic rings. The van der Waals surface area contributed by atoms with E-state index in [0.29, 0.717) is 13.0 Å². The van der Waals surface area contributed by atoms with Crippen molar-refractivity contribution >= 4 is 16.7 Å². The fraction of sp³-hybridized carbons (Fsp3) is 0.421. The number of hydrogen-bond acceptors (Lipinski definition) is 3. The van der Waals surface area contributed by atoms with Crippen molar-refractivity contribution in [2.45, 2.75) is 39.5 Å². The molecule has 0 aromatic heterocycles. The van der Waals surface area contributed by atoms with Crippen LogP contribution in [0.4, 0.5) is 0 Å². The van der Waals surface area contributed by atoms with E-state index in [1.807, 2.05) is 43.3 Å². The van der Waals surface area contributed by atoms with Gasteiger partial charge in [-0.05, 0) is 41.8 Å². The Hall–Kier alpha value is -2.03. The maximum atomic E-state index is 11.7. The van der Waals surface area contributed by atoms with Gasteiger partial charge >= 0.3 is 5.97 Å².